The van der Waals surface area contributed by atoms with Gasteiger partial charge in [0.2, 0.25) is 5.91 Å². The number of carbonyl (C=O) groups is 1. The number of hydrogen-bond acceptors (Lipinski definition) is 13. The van der Waals surface area contributed by atoms with Crippen molar-refractivity contribution >= 4 is 5.91 Å². The van der Waals surface area contributed by atoms with E-state index in [2.05, 4.69) is 116 Å². The minimum absolute atomic E-state index is 0.218. The summed E-state index contributed by atoms with van der Waals surface area (Å²) in [5.74, 6) is -0.290. The van der Waals surface area contributed by atoms with Gasteiger partial charge in [-0.05, 0) is 83.5 Å². The normalized spacial score (nSPS) is 26.7. The van der Waals surface area contributed by atoms with Crippen LogP contribution in [0, 0.1) is 0 Å². The summed E-state index contributed by atoms with van der Waals surface area (Å²) in [7, 11) is 0. The van der Waals surface area contributed by atoms with Crippen molar-refractivity contribution in [3.63, 3.8) is 0 Å². The predicted octanol–water partition coefficient (Wildman–Crippen LogP) is 7.71. The molecule has 0 aromatic heterocycles. The lowest BCUT2D eigenvalue weighted by molar-refractivity contribution is -0.359. The molecule has 404 valence electrons. The van der Waals surface area contributed by atoms with Crippen molar-refractivity contribution in [1.29, 1.82) is 0 Å². The third kappa shape index (κ3) is 28.6. The first-order valence-electron chi connectivity index (χ1n) is 26.6. The number of aliphatic hydroxyl groups excluding tert-OH is 8. The van der Waals surface area contributed by atoms with E-state index in [1.54, 1.807) is 6.08 Å². The number of amides is 1. The molecule has 0 aliphatic carbocycles. The molecule has 14 heteroatoms. The van der Waals surface area contributed by atoms with Crippen LogP contribution in [0.4, 0.5) is 0 Å². The van der Waals surface area contributed by atoms with Gasteiger partial charge in [0.1, 0.15) is 48.8 Å². The molecule has 12 unspecified atom stereocenters. The molecule has 1 amide bonds. The summed E-state index contributed by atoms with van der Waals surface area (Å²) < 4.78 is 22.6. The van der Waals surface area contributed by atoms with Gasteiger partial charge >= 0.3 is 0 Å². The van der Waals surface area contributed by atoms with Gasteiger partial charge in [-0.25, -0.2) is 0 Å². The minimum Gasteiger partial charge on any atom is -0.394 e. The van der Waals surface area contributed by atoms with E-state index in [9.17, 15) is 45.6 Å². The zero-order valence-electron chi connectivity index (χ0n) is 42.9. The van der Waals surface area contributed by atoms with Crippen molar-refractivity contribution in [1.82, 2.24) is 5.32 Å². The van der Waals surface area contributed by atoms with Crippen LogP contribution in [0.2, 0.25) is 0 Å². The smallest absolute Gasteiger partial charge is 0.220 e. The first kappa shape index (κ1) is 63.8. The van der Waals surface area contributed by atoms with E-state index in [0.29, 0.717) is 6.42 Å². The van der Waals surface area contributed by atoms with E-state index in [1.165, 1.54) is 32.1 Å². The Morgan fingerprint density at radius 2 is 0.972 bits per heavy atom. The molecule has 71 heavy (non-hydrogen) atoms. The van der Waals surface area contributed by atoms with E-state index < -0.39 is 86.8 Å². The van der Waals surface area contributed by atoms with Gasteiger partial charge in [0.05, 0.1) is 32.0 Å². The molecule has 2 rings (SSSR count). The quantitative estimate of drug-likeness (QED) is 0.0213. The Labute approximate surface area is 425 Å². The Bertz CT molecular complexity index is 1600. The summed E-state index contributed by atoms with van der Waals surface area (Å²) in [6, 6.07) is -0.944. The average Bonchev–Trinajstić information content (AvgIpc) is 3.37. The summed E-state index contributed by atoms with van der Waals surface area (Å²) in [6.07, 6.45) is 41.4. The number of ether oxygens (including phenoxy) is 4. The Morgan fingerprint density at radius 3 is 1.49 bits per heavy atom. The molecule has 0 bridgehead atoms. The first-order valence-corrected chi connectivity index (χ1v) is 26.6. The molecule has 0 aromatic carbocycles. The first-order chi connectivity index (χ1) is 34.6. The van der Waals surface area contributed by atoms with E-state index in [-0.39, 0.29) is 18.9 Å². The van der Waals surface area contributed by atoms with Crippen LogP contribution in [0.5, 0.6) is 0 Å². The fraction of sp³-hybridized carbons (Fsp3) is 0.667. The number of allylic oxidation sites excluding steroid dienone is 17. The third-order valence-electron chi connectivity index (χ3n) is 12.2. The molecule has 2 aliphatic heterocycles. The van der Waals surface area contributed by atoms with Crippen LogP contribution in [-0.4, -0.2) is 140 Å². The van der Waals surface area contributed by atoms with Gasteiger partial charge in [-0.1, -0.05) is 168 Å². The van der Waals surface area contributed by atoms with Crippen LogP contribution in [-0.2, 0) is 23.7 Å². The van der Waals surface area contributed by atoms with Gasteiger partial charge in [0, 0.05) is 6.42 Å². The number of carbonyl (C=O) groups excluding carboxylic acids is 1. The van der Waals surface area contributed by atoms with E-state index in [1.807, 2.05) is 6.08 Å². The van der Waals surface area contributed by atoms with Gasteiger partial charge < -0.3 is 65.1 Å². The fourth-order valence-electron chi connectivity index (χ4n) is 7.89. The maximum absolute atomic E-state index is 13.2. The van der Waals surface area contributed by atoms with Crippen LogP contribution in [0.25, 0.3) is 0 Å². The highest BCUT2D eigenvalue weighted by Gasteiger charge is 2.51. The molecule has 2 fully saturated rings. The monoisotopic (exact) mass is 1000 g/mol. The van der Waals surface area contributed by atoms with Crippen molar-refractivity contribution in [2.24, 2.45) is 0 Å². The molecule has 0 radical (unpaired) electrons. The lowest BCUT2D eigenvalue weighted by atomic mass is 9.97. The van der Waals surface area contributed by atoms with Gasteiger partial charge in [-0.3, -0.25) is 4.79 Å². The fourth-order valence-corrected chi connectivity index (χ4v) is 7.89. The van der Waals surface area contributed by atoms with Crippen molar-refractivity contribution in [3.8, 4) is 0 Å². The lowest BCUT2D eigenvalue weighted by Crippen LogP contribution is -2.65. The van der Waals surface area contributed by atoms with Crippen LogP contribution < -0.4 is 5.32 Å². The third-order valence-corrected chi connectivity index (χ3v) is 12.2. The number of hydrogen-bond donors (Lipinski definition) is 9. The summed E-state index contributed by atoms with van der Waals surface area (Å²) in [6.45, 7) is 2.58. The molecule has 0 aromatic rings. The van der Waals surface area contributed by atoms with Crippen molar-refractivity contribution < 1.29 is 64.6 Å². The second-order valence-corrected chi connectivity index (χ2v) is 18.3. The standard InChI is InChI=1S/C57H93NO13/c1-3-5-7-9-11-13-15-16-17-18-19-20-21-22-23-24-25-26-27-28-29-30-31-33-35-37-39-41-49(62)58-45(46(61)40-38-36-34-32-14-12-10-8-6-4-2)44-68-56-54(67)52(65)55(48(43-60)70-56)71-57-53(66)51(64)50(63)47(42-59)69-57/h5,7,11,13,16-17,19-20,22-23,25-26,28-29,31,33,38,40,45-48,50-57,59-61,63-67H,3-4,6,8-10,12,14-15,18,21,24,27,30,32,34-37,39,41-44H2,1-2H3,(H,58,62)/b7-5-,13-11-,17-16-,20-19-,23-22-,26-25-,29-28-,33-31-,40-38+. The Morgan fingerprint density at radius 1 is 0.521 bits per heavy atom. The Balaban J connectivity index is 1.78. The molecular formula is C57H93NO13. The largest absolute Gasteiger partial charge is 0.394 e. The highest BCUT2D eigenvalue weighted by molar-refractivity contribution is 5.76. The predicted molar refractivity (Wildman–Crippen MR) is 281 cm³/mol. The Hall–Kier alpha value is -3.35. The van der Waals surface area contributed by atoms with Crippen molar-refractivity contribution in [2.75, 3.05) is 19.8 Å². The number of aliphatic hydroxyl groups is 8. The van der Waals surface area contributed by atoms with Crippen LogP contribution in [0.3, 0.4) is 0 Å². The zero-order valence-corrected chi connectivity index (χ0v) is 42.9. The molecule has 14 nitrogen and oxygen atoms in total. The molecule has 2 heterocycles. The average molecular weight is 1000 g/mol. The van der Waals surface area contributed by atoms with Gasteiger partial charge in [0.25, 0.3) is 0 Å². The maximum atomic E-state index is 13.2. The van der Waals surface area contributed by atoms with Crippen LogP contribution in [0.1, 0.15) is 149 Å². The summed E-state index contributed by atoms with van der Waals surface area (Å²) in [5.41, 5.74) is 0. The number of unbranched alkanes of at least 4 members (excludes halogenated alkanes) is 10. The molecule has 9 N–H and O–H groups in total. The summed E-state index contributed by atoms with van der Waals surface area (Å²) >= 11 is 0. The minimum atomic E-state index is -1.80. The SMILES string of the molecule is CC/C=C\C/C=C\C/C=C\C/C=C\C/C=C\C/C=C\C/C=C\C/C=C\CCCCC(=O)NC(COC1OC(CO)C(OC2OC(CO)C(O)C(O)C2O)C(O)C1O)C(O)/C=C/CCCCCCCCCC. The molecule has 12 atom stereocenters. The van der Waals surface area contributed by atoms with Crippen molar-refractivity contribution in [2.45, 2.75) is 222 Å². The maximum Gasteiger partial charge on any atom is 0.220 e. The molecule has 0 spiro atoms. The lowest BCUT2D eigenvalue weighted by Gasteiger charge is -2.46. The van der Waals surface area contributed by atoms with Crippen molar-refractivity contribution in [3.05, 3.63) is 109 Å². The van der Waals surface area contributed by atoms with Gasteiger partial charge in [-0.2, -0.15) is 0 Å². The summed E-state index contributed by atoms with van der Waals surface area (Å²) in [5, 5.41) is 86.6. The van der Waals surface area contributed by atoms with E-state index in [0.717, 1.165) is 89.9 Å². The highest BCUT2D eigenvalue weighted by Crippen LogP contribution is 2.30. The topological polar surface area (TPSA) is 228 Å². The molecule has 0 saturated carbocycles. The zero-order chi connectivity index (χ0) is 51.7. The summed E-state index contributed by atoms with van der Waals surface area (Å²) in [4.78, 5) is 13.2. The second kappa shape index (κ2) is 42.1. The van der Waals surface area contributed by atoms with Crippen LogP contribution >= 0.6 is 0 Å². The van der Waals surface area contributed by atoms with E-state index >= 15 is 0 Å². The van der Waals surface area contributed by atoms with Crippen LogP contribution in [0.15, 0.2) is 109 Å². The van der Waals surface area contributed by atoms with Gasteiger partial charge in [0.15, 0.2) is 12.6 Å². The number of rotatable bonds is 39. The second-order valence-electron chi connectivity index (χ2n) is 18.3. The van der Waals surface area contributed by atoms with Gasteiger partial charge in [-0.15, -0.1) is 0 Å². The van der Waals surface area contributed by atoms with E-state index in [4.69, 9.17) is 18.9 Å². The highest BCUT2D eigenvalue weighted by atomic mass is 16.7. The molecule has 2 saturated heterocycles. The molecular weight excluding hydrogens is 907 g/mol. The number of nitrogens with one attached hydrogen (secondary N) is 1. The molecule has 2 aliphatic rings. The Kier molecular flexibility index (Phi) is 37.8.